The molecule has 0 aliphatic carbocycles. The Balaban J connectivity index is 1.63. The Kier molecular flexibility index (Phi) is 6.55. The summed E-state index contributed by atoms with van der Waals surface area (Å²) in [6, 6.07) is 14.1. The van der Waals surface area contributed by atoms with Gasteiger partial charge in [0, 0.05) is 31.2 Å². The highest BCUT2D eigenvalue weighted by Gasteiger charge is 2.27. The average Bonchev–Trinajstić information content (AvgIpc) is 2.89. The van der Waals surface area contributed by atoms with E-state index in [0.717, 1.165) is 24.1 Å². The molecule has 1 saturated heterocycles. The van der Waals surface area contributed by atoms with E-state index in [2.05, 4.69) is 4.90 Å². The molecule has 1 aliphatic heterocycles. The van der Waals surface area contributed by atoms with Gasteiger partial charge in [-0.2, -0.15) is 4.31 Å². The lowest BCUT2D eigenvalue weighted by Gasteiger charge is -2.24. The monoisotopic (exact) mass is 408 g/mol. The summed E-state index contributed by atoms with van der Waals surface area (Å²) in [5.41, 5.74) is 1.85. The van der Waals surface area contributed by atoms with E-state index in [0.29, 0.717) is 36.1 Å². The second kappa shape index (κ2) is 8.71. The predicted octanol–water partition coefficient (Wildman–Crippen LogP) is 3.08. The summed E-state index contributed by atoms with van der Waals surface area (Å²) >= 11 is 5.89. The number of β-amino-alcohol motifs (C(OH)–C–C–N with tert-alkyl or cyclic N) is 1. The van der Waals surface area contributed by atoms with E-state index in [1.165, 1.54) is 0 Å². The first-order valence-corrected chi connectivity index (χ1v) is 10.9. The van der Waals surface area contributed by atoms with Crippen LogP contribution in [0.25, 0.3) is 0 Å². The standard InChI is InChI=1S/C20H25ClN2O3S/c1-16-3-9-19(10-4-16)27(25,26)23-12-2-11-22(13-14-23)15-20(24)17-5-7-18(21)8-6-17/h3-10,20,24H,2,11-15H2,1H3/t20-/m1/s1. The Morgan fingerprint density at radius 1 is 1.00 bits per heavy atom. The third kappa shape index (κ3) is 5.09. The summed E-state index contributed by atoms with van der Waals surface area (Å²) in [5.74, 6) is 0. The molecule has 27 heavy (non-hydrogen) atoms. The van der Waals surface area contributed by atoms with Gasteiger partial charge < -0.3 is 5.11 Å². The molecule has 1 aliphatic rings. The zero-order chi connectivity index (χ0) is 19.4. The van der Waals surface area contributed by atoms with Gasteiger partial charge in [-0.3, -0.25) is 4.90 Å². The fraction of sp³-hybridized carbons (Fsp3) is 0.400. The summed E-state index contributed by atoms with van der Waals surface area (Å²) in [4.78, 5) is 2.45. The van der Waals surface area contributed by atoms with Gasteiger partial charge in [0.05, 0.1) is 11.0 Å². The molecule has 146 valence electrons. The second-order valence-electron chi connectivity index (χ2n) is 6.94. The van der Waals surface area contributed by atoms with Crippen molar-refractivity contribution in [2.24, 2.45) is 0 Å². The number of aliphatic hydroxyl groups excluding tert-OH is 1. The van der Waals surface area contributed by atoms with Crippen LogP contribution in [0.3, 0.4) is 0 Å². The Hall–Kier alpha value is -1.44. The number of hydrogen-bond acceptors (Lipinski definition) is 4. The molecule has 2 aromatic carbocycles. The van der Waals surface area contributed by atoms with Crippen molar-refractivity contribution in [2.45, 2.75) is 24.3 Å². The molecular formula is C20H25ClN2O3S. The smallest absolute Gasteiger partial charge is 0.243 e. The van der Waals surface area contributed by atoms with Crippen molar-refractivity contribution in [1.29, 1.82) is 0 Å². The first-order chi connectivity index (χ1) is 12.9. The van der Waals surface area contributed by atoms with E-state index >= 15 is 0 Å². The SMILES string of the molecule is Cc1ccc(S(=O)(=O)N2CCCN(C[C@@H](O)c3ccc(Cl)cc3)CC2)cc1. The lowest BCUT2D eigenvalue weighted by Crippen LogP contribution is -2.36. The Labute approximate surface area is 166 Å². The van der Waals surface area contributed by atoms with Crippen LogP contribution in [0.2, 0.25) is 5.02 Å². The predicted molar refractivity (Wildman–Crippen MR) is 107 cm³/mol. The normalized spacial score (nSPS) is 18.2. The van der Waals surface area contributed by atoms with Gasteiger partial charge in [0.25, 0.3) is 0 Å². The van der Waals surface area contributed by atoms with Crippen LogP contribution in [-0.4, -0.2) is 55.5 Å². The molecule has 1 heterocycles. The van der Waals surface area contributed by atoms with Crippen LogP contribution in [0, 0.1) is 6.92 Å². The van der Waals surface area contributed by atoms with Gasteiger partial charge in [0.1, 0.15) is 0 Å². The maximum absolute atomic E-state index is 12.9. The minimum atomic E-state index is -3.48. The number of hydrogen-bond donors (Lipinski definition) is 1. The molecule has 2 aromatic rings. The van der Waals surface area contributed by atoms with Crippen molar-refractivity contribution in [3.63, 3.8) is 0 Å². The molecule has 0 radical (unpaired) electrons. The van der Waals surface area contributed by atoms with E-state index in [9.17, 15) is 13.5 Å². The Morgan fingerprint density at radius 2 is 1.67 bits per heavy atom. The summed E-state index contributed by atoms with van der Waals surface area (Å²) in [7, 11) is -3.48. The van der Waals surface area contributed by atoms with Gasteiger partial charge in [-0.05, 0) is 49.7 Å². The molecule has 1 fully saturated rings. The zero-order valence-electron chi connectivity index (χ0n) is 15.4. The van der Waals surface area contributed by atoms with E-state index < -0.39 is 16.1 Å². The molecule has 0 saturated carbocycles. The molecule has 3 rings (SSSR count). The molecule has 5 nitrogen and oxygen atoms in total. The molecule has 0 amide bonds. The van der Waals surface area contributed by atoms with E-state index in [1.807, 2.05) is 31.2 Å². The van der Waals surface area contributed by atoms with Crippen LogP contribution in [-0.2, 0) is 10.0 Å². The first-order valence-electron chi connectivity index (χ1n) is 9.09. The molecular weight excluding hydrogens is 384 g/mol. The van der Waals surface area contributed by atoms with E-state index in [1.54, 1.807) is 28.6 Å². The summed E-state index contributed by atoms with van der Waals surface area (Å²) in [6.45, 7) is 4.67. The van der Waals surface area contributed by atoms with Crippen molar-refractivity contribution in [1.82, 2.24) is 9.21 Å². The van der Waals surface area contributed by atoms with Gasteiger partial charge in [0.2, 0.25) is 10.0 Å². The fourth-order valence-electron chi connectivity index (χ4n) is 3.26. The molecule has 0 bridgehead atoms. The van der Waals surface area contributed by atoms with Crippen LogP contribution in [0.15, 0.2) is 53.4 Å². The summed E-state index contributed by atoms with van der Waals surface area (Å²) < 4.78 is 27.3. The fourth-order valence-corrected chi connectivity index (χ4v) is 4.86. The Bertz CT molecular complexity index is 854. The van der Waals surface area contributed by atoms with Crippen LogP contribution in [0.4, 0.5) is 0 Å². The molecule has 1 N–H and O–H groups in total. The quantitative estimate of drug-likeness (QED) is 0.825. The topological polar surface area (TPSA) is 60.9 Å². The number of aliphatic hydroxyl groups is 1. The molecule has 0 spiro atoms. The van der Waals surface area contributed by atoms with Crippen molar-refractivity contribution in [3.05, 3.63) is 64.7 Å². The summed E-state index contributed by atoms with van der Waals surface area (Å²) in [6.07, 6.45) is 0.112. The molecule has 0 aromatic heterocycles. The Morgan fingerprint density at radius 3 is 2.33 bits per heavy atom. The number of sulfonamides is 1. The maximum atomic E-state index is 12.9. The van der Waals surface area contributed by atoms with Crippen LogP contribution < -0.4 is 0 Å². The van der Waals surface area contributed by atoms with Crippen molar-refractivity contribution in [3.8, 4) is 0 Å². The van der Waals surface area contributed by atoms with Gasteiger partial charge in [0.15, 0.2) is 0 Å². The third-order valence-corrected chi connectivity index (χ3v) is 7.06. The highest BCUT2D eigenvalue weighted by Crippen LogP contribution is 2.21. The van der Waals surface area contributed by atoms with Gasteiger partial charge in [-0.15, -0.1) is 0 Å². The number of rotatable bonds is 5. The van der Waals surface area contributed by atoms with Crippen LogP contribution in [0.5, 0.6) is 0 Å². The maximum Gasteiger partial charge on any atom is 0.243 e. The van der Waals surface area contributed by atoms with Gasteiger partial charge in [-0.1, -0.05) is 41.4 Å². The van der Waals surface area contributed by atoms with E-state index in [-0.39, 0.29) is 0 Å². The largest absolute Gasteiger partial charge is 0.387 e. The lowest BCUT2D eigenvalue weighted by molar-refractivity contribution is 0.116. The molecule has 1 atom stereocenters. The highest BCUT2D eigenvalue weighted by atomic mass is 35.5. The van der Waals surface area contributed by atoms with E-state index in [4.69, 9.17) is 11.6 Å². The van der Waals surface area contributed by atoms with Crippen LogP contribution in [0.1, 0.15) is 23.7 Å². The third-order valence-electron chi connectivity index (χ3n) is 4.89. The molecule has 7 heteroatoms. The number of halogens is 1. The summed E-state index contributed by atoms with van der Waals surface area (Å²) in [5, 5.41) is 11.1. The van der Waals surface area contributed by atoms with Gasteiger partial charge >= 0.3 is 0 Å². The highest BCUT2D eigenvalue weighted by molar-refractivity contribution is 7.89. The van der Waals surface area contributed by atoms with Crippen molar-refractivity contribution >= 4 is 21.6 Å². The van der Waals surface area contributed by atoms with Crippen LogP contribution >= 0.6 is 11.6 Å². The second-order valence-corrected chi connectivity index (χ2v) is 9.31. The number of benzene rings is 2. The number of nitrogens with zero attached hydrogens (tertiary/aromatic N) is 2. The van der Waals surface area contributed by atoms with Crippen molar-refractivity contribution in [2.75, 3.05) is 32.7 Å². The minimum absolute atomic E-state index is 0.336. The van der Waals surface area contributed by atoms with Crippen molar-refractivity contribution < 1.29 is 13.5 Å². The first kappa shape index (κ1) is 20.3. The number of aryl methyl sites for hydroxylation is 1. The average molecular weight is 409 g/mol. The zero-order valence-corrected chi connectivity index (χ0v) is 17.0. The minimum Gasteiger partial charge on any atom is -0.387 e. The molecule has 0 unspecified atom stereocenters. The lowest BCUT2D eigenvalue weighted by atomic mass is 10.1. The van der Waals surface area contributed by atoms with Gasteiger partial charge in [-0.25, -0.2) is 8.42 Å².